The van der Waals surface area contributed by atoms with Gasteiger partial charge in [0.15, 0.2) is 0 Å². The number of carbonyl (C=O) groups excluding carboxylic acids is 4. The lowest BCUT2D eigenvalue weighted by Crippen LogP contribution is -2.59. The van der Waals surface area contributed by atoms with Gasteiger partial charge >= 0.3 is 6.09 Å². The van der Waals surface area contributed by atoms with E-state index in [9.17, 15) is 19.2 Å². The fourth-order valence-corrected chi connectivity index (χ4v) is 6.06. The molecular formula is C40H50N6O6. The Morgan fingerprint density at radius 3 is 2.29 bits per heavy atom. The summed E-state index contributed by atoms with van der Waals surface area (Å²) < 4.78 is 12.9. The number of nitrogens with one attached hydrogen (secondary N) is 3. The monoisotopic (exact) mass is 710 g/mol. The summed E-state index contributed by atoms with van der Waals surface area (Å²) in [5.41, 5.74) is 0.141. The molecule has 2 heterocycles. The molecule has 52 heavy (non-hydrogen) atoms. The van der Waals surface area contributed by atoms with Crippen LogP contribution < -0.4 is 16.0 Å². The molecule has 1 fully saturated rings. The quantitative estimate of drug-likeness (QED) is 0.151. The zero-order valence-electron chi connectivity index (χ0n) is 30.7. The van der Waals surface area contributed by atoms with Gasteiger partial charge in [-0.15, -0.1) is 0 Å². The van der Waals surface area contributed by atoms with Gasteiger partial charge in [-0.25, -0.2) is 4.79 Å². The van der Waals surface area contributed by atoms with Gasteiger partial charge < -0.3 is 30.3 Å². The predicted octanol–water partition coefficient (Wildman–Crippen LogP) is 5.78. The van der Waals surface area contributed by atoms with Gasteiger partial charge in [-0.2, -0.15) is 5.10 Å². The third kappa shape index (κ3) is 10.6. The number of carbonyl (C=O) groups is 4. The summed E-state index contributed by atoms with van der Waals surface area (Å²) in [5, 5.41) is 14.8. The van der Waals surface area contributed by atoms with Crippen LogP contribution in [0.5, 0.6) is 0 Å². The molecular weight excluding hydrogens is 660 g/mol. The van der Waals surface area contributed by atoms with E-state index in [2.05, 4.69) is 45.3 Å². The van der Waals surface area contributed by atoms with E-state index < -0.39 is 35.1 Å². The van der Waals surface area contributed by atoms with E-state index in [0.29, 0.717) is 18.7 Å². The number of likely N-dealkylation sites (tertiary alicyclic amines) is 1. The maximum atomic E-state index is 13.7. The lowest BCUT2D eigenvalue weighted by Gasteiger charge is -2.29. The van der Waals surface area contributed by atoms with Gasteiger partial charge in [0.05, 0.1) is 31.0 Å². The molecule has 1 aliphatic heterocycles. The summed E-state index contributed by atoms with van der Waals surface area (Å²) >= 11 is 0. The number of benzene rings is 3. The second kappa shape index (κ2) is 16.9. The van der Waals surface area contributed by atoms with Crippen LogP contribution in [0.3, 0.4) is 0 Å². The normalized spacial score (nSPS) is 14.4. The van der Waals surface area contributed by atoms with Crippen LogP contribution in [-0.2, 0) is 37.0 Å². The SMILES string of the molecule is CC(C)(C)OC(=O)NC(C)(C)C(=O)N[C@H](COCc1ccccc1)C(=O)Nc1cnn(CCC(C(=O)N2CCCC2)c2ccc3ccccc3c2)c1. The Bertz CT molecular complexity index is 1840. The first-order valence-corrected chi connectivity index (χ1v) is 17.8. The fourth-order valence-electron chi connectivity index (χ4n) is 6.06. The molecule has 12 nitrogen and oxygen atoms in total. The number of rotatable bonds is 14. The second-order valence-corrected chi connectivity index (χ2v) is 14.7. The van der Waals surface area contributed by atoms with E-state index in [4.69, 9.17) is 9.47 Å². The average Bonchev–Trinajstić information content (AvgIpc) is 3.80. The summed E-state index contributed by atoms with van der Waals surface area (Å²) in [6, 6.07) is 22.7. The number of aromatic nitrogens is 2. The molecule has 1 saturated heterocycles. The molecule has 0 bridgehead atoms. The molecule has 1 unspecified atom stereocenters. The molecule has 5 rings (SSSR count). The highest BCUT2D eigenvalue weighted by Crippen LogP contribution is 2.28. The summed E-state index contributed by atoms with van der Waals surface area (Å²) in [6.45, 7) is 10.3. The number of hydrogen-bond acceptors (Lipinski definition) is 7. The first-order chi connectivity index (χ1) is 24.8. The van der Waals surface area contributed by atoms with E-state index in [1.807, 2.05) is 53.4 Å². The van der Waals surface area contributed by atoms with Crippen LogP contribution in [-0.4, -0.2) is 75.4 Å². The van der Waals surface area contributed by atoms with E-state index in [-0.39, 0.29) is 25.0 Å². The van der Waals surface area contributed by atoms with E-state index in [0.717, 1.165) is 47.8 Å². The molecule has 1 aromatic heterocycles. The van der Waals surface area contributed by atoms with Gasteiger partial charge in [0, 0.05) is 25.8 Å². The van der Waals surface area contributed by atoms with Crippen molar-refractivity contribution in [2.75, 3.05) is 25.0 Å². The van der Waals surface area contributed by atoms with Gasteiger partial charge in [-0.3, -0.25) is 19.1 Å². The first-order valence-electron chi connectivity index (χ1n) is 17.8. The van der Waals surface area contributed by atoms with Crippen molar-refractivity contribution in [3.63, 3.8) is 0 Å². The molecule has 0 aliphatic carbocycles. The summed E-state index contributed by atoms with van der Waals surface area (Å²) in [4.78, 5) is 55.2. The molecule has 0 saturated carbocycles. The van der Waals surface area contributed by atoms with E-state index in [1.165, 1.54) is 20.0 Å². The highest BCUT2D eigenvalue weighted by molar-refractivity contribution is 5.99. The van der Waals surface area contributed by atoms with Crippen molar-refractivity contribution in [3.05, 3.63) is 96.3 Å². The van der Waals surface area contributed by atoms with Crippen molar-refractivity contribution in [1.29, 1.82) is 0 Å². The summed E-state index contributed by atoms with van der Waals surface area (Å²) in [6.07, 6.45) is 5.01. The first kappa shape index (κ1) is 38.0. The second-order valence-electron chi connectivity index (χ2n) is 14.7. The van der Waals surface area contributed by atoms with Gasteiger partial charge in [-0.05, 0) is 75.8 Å². The minimum atomic E-state index is -1.40. The average molecular weight is 711 g/mol. The molecule has 12 heteroatoms. The highest BCUT2D eigenvalue weighted by atomic mass is 16.6. The Hall–Kier alpha value is -5.23. The minimum absolute atomic E-state index is 0.117. The molecule has 0 spiro atoms. The Morgan fingerprint density at radius 2 is 1.58 bits per heavy atom. The summed E-state index contributed by atoms with van der Waals surface area (Å²) in [5.74, 6) is -1.34. The van der Waals surface area contributed by atoms with Crippen molar-refractivity contribution >= 4 is 40.3 Å². The fraction of sp³-hybridized carbons (Fsp3) is 0.425. The minimum Gasteiger partial charge on any atom is -0.444 e. The molecule has 4 aromatic rings. The number of fused-ring (bicyclic) bond motifs is 1. The Balaban J connectivity index is 1.26. The van der Waals surface area contributed by atoms with Crippen molar-refractivity contribution < 1.29 is 28.7 Å². The lowest BCUT2D eigenvalue weighted by molar-refractivity contribution is -0.132. The largest absolute Gasteiger partial charge is 0.444 e. The molecule has 2 atom stereocenters. The van der Waals surface area contributed by atoms with Gasteiger partial charge in [-0.1, -0.05) is 72.8 Å². The number of nitrogens with zero attached hydrogens (tertiary/aromatic N) is 3. The van der Waals surface area contributed by atoms with E-state index in [1.54, 1.807) is 31.6 Å². The highest BCUT2D eigenvalue weighted by Gasteiger charge is 2.35. The standard InChI is InChI=1S/C40H50N6O6/c1-39(2,3)52-38(50)44-40(4,5)37(49)43-34(27-51-26-28-13-7-6-8-14-28)35(47)42-32-24-41-46(25-32)22-19-33(36(48)45-20-11-12-21-45)31-18-17-29-15-9-10-16-30(29)23-31/h6-10,13-18,23-25,33-34H,11-12,19-22,26-27H2,1-5H3,(H,42,47)(H,43,49)(H,44,50)/t33?,34-/m1/s1. The van der Waals surface area contributed by atoms with Gasteiger partial charge in [0.25, 0.3) is 0 Å². The molecule has 4 amide bonds. The van der Waals surface area contributed by atoms with Crippen LogP contribution in [0, 0.1) is 0 Å². The van der Waals surface area contributed by atoms with E-state index >= 15 is 0 Å². The predicted molar refractivity (Wildman–Crippen MR) is 199 cm³/mol. The maximum Gasteiger partial charge on any atom is 0.408 e. The number of aryl methyl sites for hydroxylation is 1. The number of alkyl carbamates (subject to hydrolysis) is 1. The third-order valence-corrected chi connectivity index (χ3v) is 8.84. The molecule has 3 N–H and O–H groups in total. The van der Waals surface area contributed by atoms with Crippen molar-refractivity contribution in [1.82, 2.24) is 25.3 Å². The van der Waals surface area contributed by atoms with Gasteiger partial charge in [0.1, 0.15) is 17.2 Å². The van der Waals surface area contributed by atoms with Crippen LogP contribution in [0.25, 0.3) is 10.8 Å². The molecule has 1 aliphatic rings. The van der Waals surface area contributed by atoms with Gasteiger partial charge in [0.2, 0.25) is 17.7 Å². The van der Waals surface area contributed by atoms with Crippen molar-refractivity contribution in [2.45, 2.75) is 90.1 Å². The Labute approximate surface area is 305 Å². The Kier molecular flexibility index (Phi) is 12.3. The topological polar surface area (TPSA) is 144 Å². The van der Waals surface area contributed by atoms with Crippen LogP contribution >= 0.6 is 0 Å². The number of amides is 4. The third-order valence-electron chi connectivity index (χ3n) is 8.84. The van der Waals surface area contributed by atoms with Crippen LogP contribution in [0.2, 0.25) is 0 Å². The maximum absolute atomic E-state index is 13.7. The number of anilines is 1. The van der Waals surface area contributed by atoms with Crippen LogP contribution in [0.15, 0.2) is 85.2 Å². The smallest absolute Gasteiger partial charge is 0.408 e. The van der Waals surface area contributed by atoms with Crippen molar-refractivity contribution in [3.8, 4) is 0 Å². The zero-order chi connectivity index (χ0) is 37.3. The molecule has 3 aromatic carbocycles. The van der Waals surface area contributed by atoms with Crippen molar-refractivity contribution in [2.24, 2.45) is 0 Å². The number of ether oxygens (including phenoxy) is 2. The summed E-state index contributed by atoms with van der Waals surface area (Å²) in [7, 11) is 0. The molecule has 276 valence electrons. The Morgan fingerprint density at radius 1 is 0.885 bits per heavy atom. The molecule has 0 radical (unpaired) electrons. The van der Waals surface area contributed by atoms with Crippen LogP contribution in [0.1, 0.15) is 70.9 Å². The lowest BCUT2D eigenvalue weighted by atomic mass is 9.92. The zero-order valence-corrected chi connectivity index (χ0v) is 30.7. The number of hydrogen-bond donors (Lipinski definition) is 3. The van der Waals surface area contributed by atoms with Crippen LogP contribution in [0.4, 0.5) is 10.5 Å².